The monoisotopic (exact) mass is 183 g/mol. The summed E-state index contributed by atoms with van der Waals surface area (Å²) < 4.78 is 0. The molecule has 0 aliphatic rings. The average molecular weight is 183 g/mol. The van der Waals surface area contributed by atoms with Gasteiger partial charge in [0.2, 0.25) is 0 Å². The van der Waals surface area contributed by atoms with E-state index >= 15 is 0 Å². The predicted octanol–water partition coefficient (Wildman–Crippen LogP) is 1.81. The van der Waals surface area contributed by atoms with E-state index in [1.54, 1.807) is 11.2 Å². The Morgan fingerprint density at radius 2 is 2.08 bits per heavy atom. The largest absolute Gasteiger partial charge is 0.268 e. The lowest BCUT2D eigenvalue weighted by atomic mass is 10.1. The zero-order chi connectivity index (χ0) is 10.3. The lowest BCUT2D eigenvalue weighted by Gasteiger charge is -2.23. The molecule has 2 N–H and O–H groups in total. The summed E-state index contributed by atoms with van der Waals surface area (Å²) in [6.07, 6.45) is 4.39. The molecule has 3 heteroatoms. The van der Waals surface area contributed by atoms with Crippen molar-refractivity contribution < 1.29 is 0 Å². The van der Waals surface area contributed by atoms with Crippen molar-refractivity contribution in [3.05, 3.63) is 12.8 Å². The van der Waals surface area contributed by atoms with Crippen LogP contribution in [0.2, 0.25) is 0 Å². The molecule has 3 nitrogen and oxygen atoms in total. The summed E-state index contributed by atoms with van der Waals surface area (Å²) >= 11 is 0. The Hall–Kier alpha value is -0.670. The van der Waals surface area contributed by atoms with Gasteiger partial charge in [0.1, 0.15) is 0 Å². The number of aliphatic imine (C=N–C) groups is 1. The minimum absolute atomic E-state index is 0.399. The van der Waals surface area contributed by atoms with Crippen LogP contribution in [0.1, 0.15) is 27.2 Å². The molecule has 0 spiro atoms. The fraction of sp³-hybridized carbons (Fsp3) is 0.700. The minimum atomic E-state index is 0.399. The zero-order valence-corrected chi connectivity index (χ0v) is 8.90. The molecule has 0 aromatic carbocycles. The van der Waals surface area contributed by atoms with Crippen molar-refractivity contribution in [2.24, 2.45) is 16.8 Å². The van der Waals surface area contributed by atoms with E-state index in [1.165, 1.54) is 6.20 Å². The van der Waals surface area contributed by atoms with Crippen LogP contribution in [0.4, 0.5) is 0 Å². The summed E-state index contributed by atoms with van der Waals surface area (Å²) in [5, 5.41) is 1.80. The van der Waals surface area contributed by atoms with Gasteiger partial charge in [0, 0.05) is 25.0 Å². The Morgan fingerprint density at radius 1 is 1.46 bits per heavy atom. The molecular formula is C10H21N3. The van der Waals surface area contributed by atoms with Crippen molar-refractivity contribution in [3.8, 4) is 0 Å². The second-order valence-electron chi connectivity index (χ2n) is 3.69. The van der Waals surface area contributed by atoms with Crippen LogP contribution in [0.3, 0.4) is 0 Å². The van der Waals surface area contributed by atoms with E-state index in [0.29, 0.717) is 18.5 Å². The highest BCUT2D eigenvalue weighted by atomic mass is 15.4. The van der Waals surface area contributed by atoms with E-state index in [-0.39, 0.29) is 0 Å². The summed E-state index contributed by atoms with van der Waals surface area (Å²) in [6, 6.07) is 0.399. The summed E-state index contributed by atoms with van der Waals surface area (Å²) in [5.74, 6) is 6.49. The minimum Gasteiger partial charge on any atom is -0.268 e. The number of hydrazine groups is 1. The number of nitrogens with zero attached hydrogens (tertiary/aromatic N) is 2. The smallest absolute Gasteiger partial charge is 0.0486 e. The lowest BCUT2D eigenvalue weighted by molar-refractivity contribution is 0.218. The third-order valence-corrected chi connectivity index (χ3v) is 1.88. The van der Waals surface area contributed by atoms with Crippen molar-refractivity contribution in [1.82, 2.24) is 5.01 Å². The molecule has 0 fully saturated rings. The van der Waals surface area contributed by atoms with Crippen LogP contribution in [0, 0.1) is 5.92 Å². The Labute approximate surface area is 81.3 Å². The Morgan fingerprint density at radius 3 is 2.54 bits per heavy atom. The van der Waals surface area contributed by atoms with Gasteiger partial charge in [0.05, 0.1) is 0 Å². The maximum atomic E-state index is 5.81. The van der Waals surface area contributed by atoms with E-state index in [4.69, 9.17) is 5.84 Å². The first-order valence-electron chi connectivity index (χ1n) is 4.71. The zero-order valence-electron chi connectivity index (χ0n) is 8.90. The fourth-order valence-corrected chi connectivity index (χ4v) is 1.21. The number of rotatable bonds is 6. The van der Waals surface area contributed by atoms with Crippen LogP contribution in [-0.4, -0.2) is 23.8 Å². The first-order chi connectivity index (χ1) is 6.07. The molecule has 0 saturated heterocycles. The van der Waals surface area contributed by atoms with Gasteiger partial charge in [-0.15, -0.1) is 0 Å². The molecule has 1 atom stereocenters. The van der Waals surface area contributed by atoms with Crippen molar-refractivity contribution >= 4 is 6.21 Å². The summed E-state index contributed by atoms with van der Waals surface area (Å²) in [6.45, 7) is 10.7. The number of hydrogen-bond acceptors (Lipinski definition) is 3. The van der Waals surface area contributed by atoms with Crippen molar-refractivity contribution in [2.75, 3.05) is 6.54 Å². The maximum Gasteiger partial charge on any atom is 0.0486 e. The molecular weight excluding hydrogens is 162 g/mol. The van der Waals surface area contributed by atoms with Gasteiger partial charge in [0.25, 0.3) is 0 Å². The molecule has 76 valence electrons. The SMILES string of the molecule is C=CN=CCN(N)C(C)CC(C)C. The molecule has 0 amide bonds. The molecule has 1 unspecified atom stereocenters. The molecule has 0 rings (SSSR count). The standard InChI is InChI=1S/C10H21N3/c1-5-12-6-7-13(11)10(4)8-9(2)3/h5-6,9-10H,1,7-8,11H2,2-4H3. The molecule has 0 heterocycles. The van der Waals surface area contributed by atoms with Crippen molar-refractivity contribution in [1.29, 1.82) is 0 Å². The summed E-state index contributed by atoms with van der Waals surface area (Å²) in [4.78, 5) is 3.89. The highest BCUT2D eigenvalue weighted by Crippen LogP contribution is 2.07. The third kappa shape index (κ3) is 6.49. The summed E-state index contributed by atoms with van der Waals surface area (Å²) in [5.41, 5.74) is 0. The van der Waals surface area contributed by atoms with Gasteiger partial charge in [-0.25, -0.2) is 5.01 Å². The van der Waals surface area contributed by atoms with Crippen molar-refractivity contribution in [3.63, 3.8) is 0 Å². The van der Waals surface area contributed by atoms with Gasteiger partial charge in [-0.2, -0.15) is 0 Å². The third-order valence-electron chi connectivity index (χ3n) is 1.88. The molecule has 0 aromatic heterocycles. The number of nitrogens with two attached hydrogens (primary N) is 1. The quantitative estimate of drug-likeness (QED) is 0.387. The van der Waals surface area contributed by atoms with Crippen LogP contribution >= 0.6 is 0 Å². The highest BCUT2D eigenvalue weighted by Gasteiger charge is 2.09. The van der Waals surface area contributed by atoms with Gasteiger partial charge >= 0.3 is 0 Å². The Balaban J connectivity index is 3.74. The molecule has 13 heavy (non-hydrogen) atoms. The molecule has 0 saturated carbocycles. The van der Waals surface area contributed by atoms with E-state index in [0.717, 1.165) is 6.42 Å². The normalized spacial score (nSPS) is 14.3. The summed E-state index contributed by atoms with van der Waals surface area (Å²) in [7, 11) is 0. The van der Waals surface area contributed by atoms with Gasteiger partial charge in [-0.05, 0) is 19.3 Å². The van der Waals surface area contributed by atoms with Gasteiger partial charge in [0.15, 0.2) is 0 Å². The van der Waals surface area contributed by atoms with Crippen LogP contribution in [0.5, 0.6) is 0 Å². The van der Waals surface area contributed by atoms with Gasteiger partial charge in [-0.3, -0.25) is 10.8 Å². The highest BCUT2D eigenvalue weighted by molar-refractivity contribution is 5.60. The van der Waals surface area contributed by atoms with Crippen LogP contribution < -0.4 is 5.84 Å². The van der Waals surface area contributed by atoms with Crippen molar-refractivity contribution in [2.45, 2.75) is 33.2 Å². The maximum absolute atomic E-state index is 5.81. The van der Waals surface area contributed by atoms with E-state index < -0.39 is 0 Å². The molecule has 0 aromatic rings. The molecule has 0 radical (unpaired) electrons. The van der Waals surface area contributed by atoms with E-state index in [9.17, 15) is 0 Å². The first-order valence-corrected chi connectivity index (χ1v) is 4.71. The van der Waals surface area contributed by atoms with Gasteiger partial charge in [-0.1, -0.05) is 20.4 Å². The predicted molar refractivity (Wildman–Crippen MR) is 58.5 cm³/mol. The number of hydrogen-bond donors (Lipinski definition) is 1. The molecule has 0 bridgehead atoms. The molecule has 0 aliphatic heterocycles. The Bertz CT molecular complexity index is 164. The van der Waals surface area contributed by atoms with E-state index in [1.807, 2.05) is 0 Å². The fourth-order valence-electron chi connectivity index (χ4n) is 1.21. The van der Waals surface area contributed by atoms with Crippen LogP contribution in [-0.2, 0) is 0 Å². The van der Waals surface area contributed by atoms with Crippen LogP contribution in [0.15, 0.2) is 17.8 Å². The second kappa shape index (κ2) is 6.80. The Kier molecular flexibility index (Phi) is 6.45. The van der Waals surface area contributed by atoms with E-state index in [2.05, 4.69) is 32.3 Å². The second-order valence-corrected chi connectivity index (χ2v) is 3.69. The molecule has 0 aliphatic carbocycles. The van der Waals surface area contributed by atoms with Crippen LogP contribution in [0.25, 0.3) is 0 Å². The topological polar surface area (TPSA) is 41.6 Å². The first kappa shape index (κ1) is 12.3. The average Bonchev–Trinajstić information content (AvgIpc) is 2.03. The lowest BCUT2D eigenvalue weighted by Crippen LogP contribution is -2.41. The van der Waals surface area contributed by atoms with Gasteiger partial charge < -0.3 is 0 Å².